The highest BCUT2D eigenvalue weighted by Gasteiger charge is 2.40. The van der Waals surface area contributed by atoms with Gasteiger partial charge in [-0.25, -0.2) is 0 Å². The van der Waals surface area contributed by atoms with Crippen molar-refractivity contribution in [3.63, 3.8) is 0 Å². The minimum atomic E-state index is -0.168. The Kier molecular flexibility index (Phi) is 3.21. The van der Waals surface area contributed by atoms with Crippen LogP contribution < -0.4 is 0 Å². The van der Waals surface area contributed by atoms with Crippen LogP contribution in [0.5, 0.6) is 0 Å². The maximum absolute atomic E-state index is 4.86. The number of rotatable bonds is 1. The van der Waals surface area contributed by atoms with E-state index in [2.05, 4.69) is 85.6 Å². The molecule has 0 unspecified atom stereocenters. The molecule has 6 aromatic rings. The number of aromatic nitrogens is 3. The molecule has 0 radical (unpaired) electrons. The first-order valence-electron chi connectivity index (χ1n) is 11.2. The van der Waals surface area contributed by atoms with E-state index in [1.54, 1.807) is 0 Å². The van der Waals surface area contributed by atoms with Crippen molar-refractivity contribution in [3.05, 3.63) is 89.0 Å². The summed E-state index contributed by atoms with van der Waals surface area (Å²) >= 11 is 0. The number of pyridine rings is 2. The van der Waals surface area contributed by atoms with Gasteiger partial charge in [-0.2, -0.15) is 0 Å². The van der Waals surface area contributed by atoms with Gasteiger partial charge >= 0.3 is 0 Å². The van der Waals surface area contributed by atoms with Gasteiger partial charge in [0.25, 0.3) is 0 Å². The summed E-state index contributed by atoms with van der Waals surface area (Å²) in [6.45, 7) is 9.02. The zero-order chi connectivity index (χ0) is 21.8. The van der Waals surface area contributed by atoms with Crippen molar-refractivity contribution in [1.82, 2.24) is 14.4 Å². The normalized spacial score (nSPS) is 15.3. The third-order valence-electron chi connectivity index (χ3n) is 7.33. The summed E-state index contributed by atoms with van der Waals surface area (Å²) in [6, 6.07) is 17.6. The fourth-order valence-electron chi connectivity index (χ4n) is 5.97. The van der Waals surface area contributed by atoms with Gasteiger partial charge < -0.3 is 4.40 Å². The highest BCUT2D eigenvalue weighted by atomic mass is 15.0. The number of hydrogen-bond donors (Lipinski definition) is 0. The minimum absolute atomic E-state index is 0.168. The Morgan fingerprint density at radius 3 is 2.53 bits per heavy atom. The van der Waals surface area contributed by atoms with E-state index in [0.29, 0.717) is 0 Å². The standard InChI is InChI=1S/C29H23N3/c1-16-11-17(2)20-14-22-25(13-18(20)12-16)32-27-19(8-10-31-26(22)27)21-15-23(29(3,4)28(21)32)24-7-5-6-9-30-24/h5-15H,1-4H3. The van der Waals surface area contributed by atoms with E-state index in [-0.39, 0.29) is 5.41 Å². The lowest BCUT2D eigenvalue weighted by Gasteiger charge is -2.24. The monoisotopic (exact) mass is 413 g/mol. The van der Waals surface area contributed by atoms with Crippen LogP contribution in [-0.2, 0) is 5.41 Å². The average molecular weight is 414 g/mol. The Bertz CT molecular complexity index is 1750. The molecular formula is C29H23N3. The predicted octanol–water partition coefficient (Wildman–Crippen LogP) is 7.08. The molecular weight excluding hydrogens is 390 g/mol. The third kappa shape index (κ3) is 2.06. The van der Waals surface area contributed by atoms with E-state index >= 15 is 0 Å². The van der Waals surface area contributed by atoms with Gasteiger partial charge in [-0.3, -0.25) is 9.97 Å². The van der Waals surface area contributed by atoms with Crippen molar-refractivity contribution in [2.45, 2.75) is 33.1 Å². The molecule has 0 saturated heterocycles. The highest BCUT2D eigenvalue weighted by Crippen LogP contribution is 2.51. The zero-order valence-electron chi connectivity index (χ0n) is 18.7. The van der Waals surface area contributed by atoms with Crippen molar-refractivity contribution in [1.29, 1.82) is 0 Å². The average Bonchev–Trinajstić information content (AvgIpc) is 3.37. The molecule has 0 spiro atoms. The van der Waals surface area contributed by atoms with Gasteiger partial charge in [0, 0.05) is 39.8 Å². The molecule has 4 aromatic heterocycles. The predicted molar refractivity (Wildman–Crippen MR) is 134 cm³/mol. The lowest BCUT2D eigenvalue weighted by Crippen LogP contribution is -2.19. The number of nitrogens with zero attached hydrogens (tertiary/aromatic N) is 3. The van der Waals surface area contributed by atoms with Crippen LogP contribution >= 0.6 is 0 Å². The van der Waals surface area contributed by atoms with Crippen LogP contribution in [0.3, 0.4) is 0 Å². The number of aryl methyl sites for hydroxylation is 2. The van der Waals surface area contributed by atoms with Crippen LogP contribution in [0.4, 0.5) is 0 Å². The third-order valence-corrected chi connectivity index (χ3v) is 7.33. The van der Waals surface area contributed by atoms with Crippen LogP contribution in [0.1, 0.15) is 41.9 Å². The fourth-order valence-corrected chi connectivity index (χ4v) is 5.97. The summed E-state index contributed by atoms with van der Waals surface area (Å²) in [7, 11) is 0. The molecule has 0 fully saturated rings. The minimum Gasteiger partial charge on any atom is -0.309 e. The van der Waals surface area contributed by atoms with Gasteiger partial charge in [0.1, 0.15) is 0 Å². The second-order valence-corrected chi connectivity index (χ2v) is 9.72. The van der Waals surface area contributed by atoms with E-state index in [4.69, 9.17) is 4.98 Å². The Morgan fingerprint density at radius 1 is 0.844 bits per heavy atom. The number of fused-ring (bicyclic) bond motifs is 7. The summed E-state index contributed by atoms with van der Waals surface area (Å²) in [5, 5.41) is 5.10. The summed E-state index contributed by atoms with van der Waals surface area (Å²) < 4.78 is 2.48. The maximum atomic E-state index is 4.86. The highest BCUT2D eigenvalue weighted by molar-refractivity contribution is 6.19. The molecule has 2 aromatic carbocycles. The van der Waals surface area contributed by atoms with Gasteiger partial charge in [-0.15, -0.1) is 0 Å². The number of hydrogen-bond acceptors (Lipinski definition) is 2. The van der Waals surface area contributed by atoms with E-state index in [1.165, 1.54) is 60.5 Å². The maximum Gasteiger partial charge on any atom is 0.0970 e. The van der Waals surface area contributed by atoms with Crippen LogP contribution in [0.25, 0.3) is 49.7 Å². The van der Waals surface area contributed by atoms with Crippen molar-refractivity contribution in [3.8, 4) is 0 Å². The lowest BCUT2D eigenvalue weighted by atomic mass is 9.83. The molecule has 0 saturated carbocycles. The van der Waals surface area contributed by atoms with Crippen LogP contribution in [0.15, 0.2) is 60.9 Å². The van der Waals surface area contributed by atoms with E-state index in [9.17, 15) is 0 Å². The molecule has 0 N–H and O–H groups in total. The molecule has 1 aliphatic carbocycles. The first kappa shape index (κ1) is 17.9. The van der Waals surface area contributed by atoms with Gasteiger partial charge in [0.15, 0.2) is 0 Å². The molecule has 0 aliphatic heterocycles. The summed E-state index contributed by atoms with van der Waals surface area (Å²) in [5.74, 6) is 0. The van der Waals surface area contributed by atoms with Gasteiger partial charge in [-0.1, -0.05) is 37.6 Å². The number of benzene rings is 2. The van der Waals surface area contributed by atoms with E-state index < -0.39 is 0 Å². The van der Waals surface area contributed by atoms with Crippen molar-refractivity contribution >= 4 is 49.7 Å². The van der Waals surface area contributed by atoms with Crippen LogP contribution in [0, 0.1) is 13.8 Å². The van der Waals surface area contributed by atoms with Gasteiger partial charge in [-0.05, 0) is 72.2 Å². The topological polar surface area (TPSA) is 30.2 Å². The summed E-state index contributed by atoms with van der Waals surface area (Å²) in [6.07, 6.45) is 6.19. The molecule has 0 bridgehead atoms. The lowest BCUT2D eigenvalue weighted by molar-refractivity contribution is 0.670. The molecule has 1 aliphatic rings. The largest absolute Gasteiger partial charge is 0.309 e. The molecule has 32 heavy (non-hydrogen) atoms. The Labute approximate surface area is 186 Å². The molecule has 3 nitrogen and oxygen atoms in total. The van der Waals surface area contributed by atoms with E-state index in [1.807, 2.05) is 18.5 Å². The van der Waals surface area contributed by atoms with Crippen molar-refractivity contribution in [2.24, 2.45) is 0 Å². The summed E-state index contributed by atoms with van der Waals surface area (Å²) in [4.78, 5) is 9.54. The van der Waals surface area contributed by atoms with Crippen LogP contribution in [-0.4, -0.2) is 14.4 Å². The Morgan fingerprint density at radius 2 is 1.72 bits per heavy atom. The second-order valence-electron chi connectivity index (χ2n) is 9.72. The smallest absolute Gasteiger partial charge is 0.0970 e. The first-order valence-corrected chi connectivity index (χ1v) is 11.2. The van der Waals surface area contributed by atoms with Crippen LogP contribution in [0.2, 0.25) is 0 Å². The number of allylic oxidation sites excluding steroid dienone is 1. The Balaban J connectivity index is 1.65. The van der Waals surface area contributed by atoms with Crippen molar-refractivity contribution in [2.75, 3.05) is 0 Å². The quantitative estimate of drug-likeness (QED) is 0.288. The molecule has 0 atom stereocenters. The molecule has 3 heteroatoms. The SMILES string of the molecule is Cc1cc(C)c2cc3c4nccc5c6c(n(c3cc2c1)c54)C(C)(C)C(c1ccccn1)=C6. The molecule has 154 valence electrons. The van der Waals surface area contributed by atoms with Gasteiger partial charge in [0.2, 0.25) is 0 Å². The fraction of sp³-hybridized carbons (Fsp3) is 0.172. The van der Waals surface area contributed by atoms with Crippen molar-refractivity contribution < 1.29 is 0 Å². The molecule has 0 amide bonds. The van der Waals surface area contributed by atoms with Gasteiger partial charge in [0.05, 0.1) is 22.2 Å². The zero-order valence-corrected chi connectivity index (χ0v) is 18.7. The second kappa shape index (κ2) is 5.74. The Hall–Kier alpha value is -3.72. The molecule has 4 heterocycles. The van der Waals surface area contributed by atoms with E-state index in [0.717, 1.165) is 11.2 Å². The molecule has 7 rings (SSSR count). The first-order chi connectivity index (χ1) is 15.4. The summed E-state index contributed by atoms with van der Waals surface area (Å²) in [5.41, 5.74) is 11.0.